The van der Waals surface area contributed by atoms with Crippen LogP contribution in [0.25, 0.3) is 10.8 Å². The fourth-order valence-electron chi connectivity index (χ4n) is 2.89. The van der Waals surface area contributed by atoms with Crippen molar-refractivity contribution >= 4 is 28.3 Å². The molecule has 0 aliphatic rings. The lowest BCUT2D eigenvalue weighted by Gasteiger charge is -2.15. The molecule has 0 aliphatic carbocycles. The molecule has 3 aromatic rings. The molecular weight excluding hydrogens is 374 g/mol. The molecule has 1 atom stereocenters. The predicted octanol–water partition coefficient (Wildman–Crippen LogP) is 2.35. The van der Waals surface area contributed by atoms with Gasteiger partial charge in [-0.25, -0.2) is 5.10 Å². The fraction of sp³-hybridized carbons (Fsp3) is 0.238. The van der Waals surface area contributed by atoms with Crippen molar-refractivity contribution in [2.75, 3.05) is 12.4 Å². The second-order valence-electron chi connectivity index (χ2n) is 6.55. The number of methoxy groups -OCH3 is 1. The number of nitrogens with zero attached hydrogens (tertiary/aromatic N) is 1. The number of nitrogens with one attached hydrogen (secondary N) is 2. The molecule has 3 rings (SSSR count). The Labute approximate surface area is 166 Å². The highest BCUT2D eigenvalue weighted by Gasteiger charge is 2.20. The van der Waals surface area contributed by atoms with E-state index < -0.39 is 18.0 Å². The molecule has 0 radical (unpaired) electrons. The van der Waals surface area contributed by atoms with E-state index in [0.717, 1.165) is 5.56 Å². The third kappa shape index (κ3) is 4.60. The molecule has 8 nitrogen and oxygen atoms in total. The van der Waals surface area contributed by atoms with Gasteiger partial charge in [0, 0.05) is 5.39 Å². The van der Waals surface area contributed by atoms with Crippen LogP contribution in [0.4, 0.5) is 5.69 Å². The van der Waals surface area contributed by atoms with Gasteiger partial charge in [0.1, 0.15) is 5.75 Å². The number of fused-ring (bicyclic) bond motifs is 1. The largest absolute Gasteiger partial charge is 0.495 e. The standard InChI is InChI=1S/C21H21N3O5/c1-12-8-9-18(28-3)17(10-12)22-20(26)13(2)29-19(25)11-16-14-6-4-5-7-15(14)21(27)24-23-16/h4-10,13H,11H2,1-3H3,(H,22,26)(H,24,27)/t13-/m1/s1. The van der Waals surface area contributed by atoms with Gasteiger partial charge in [-0.15, -0.1) is 0 Å². The van der Waals surface area contributed by atoms with Crippen molar-refractivity contribution in [1.29, 1.82) is 0 Å². The van der Waals surface area contributed by atoms with Gasteiger partial charge < -0.3 is 14.8 Å². The maximum absolute atomic E-state index is 12.4. The van der Waals surface area contributed by atoms with Gasteiger partial charge in [0.25, 0.3) is 11.5 Å². The van der Waals surface area contributed by atoms with E-state index in [-0.39, 0.29) is 12.0 Å². The molecular formula is C21H21N3O5. The van der Waals surface area contributed by atoms with Crippen LogP contribution in [-0.4, -0.2) is 35.3 Å². The second-order valence-corrected chi connectivity index (χ2v) is 6.55. The van der Waals surface area contributed by atoms with Crippen LogP contribution >= 0.6 is 0 Å². The Bertz CT molecular complexity index is 1120. The number of carbonyl (C=O) groups excluding carboxylic acids is 2. The number of aryl methyl sites for hydroxylation is 1. The predicted molar refractivity (Wildman–Crippen MR) is 108 cm³/mol. The number of benzene rings is 2. The second kappa shape index (κ2) is 8.55. The van der Waals surface area contributed by atoms with E-state index in [4.69, 9.17) is 9.47 Å². The molecule has 8 heteroatoms. The maximum atomic E-state index is 12.4. The number of hydrogen-bond donors (Lipinski definition) is 2. The molecule has 0 unspecified atom stereocenters. The molecule has 1 aromatic heterocycles. The highest BCUT2D eigenvalue weighted by Crippen LogP contribution is 2.25. The van der Waals surface area contributed by atoms with Crippen molar-refractivity contribution in [2.45, 2.75) is 26.4 Å². The van der Waals surface area contributed by atoms with Crippen molar-refractivity contribution in [1.82, 2.24) is 10.2 Å². The van der Waals surface area contributed by atoms with E-state index in [1.54, 1.807) is 36.4 Å². The zero-order valence-electron chi connectivity index (χ0n) is 16.3. The zero-order chi connectivity index (χ0) is 21.0. The first-order chi connectivity index (χ1) is 13.9. The summed E-state index contributed by atoms with van der Waals surface area (Å²) < 4.78 is 10.5. The lowest BCUT2D eigenvalue weighted by molar-refractivity contribution is -0.152. The number of hydrogen-bond acceptors (Lipinski definition) is 6. The molecule has 2 N–H and O–H groups in total. The van der Waals surface area contributed by atoms with Gasteiger partial charge in [-0.1, -0.05) is 24.3 Å². The summed E-state index contributed by atoms with van der Waals surface area (Å²) in [6.07, 6.45) is -1.20. The summed E-state index contributed by atoms with van der Waals surface area (Å²) in [6.45, 7) is 3.37. The quantitative estimate of drug-likeness (QED) is 0.620. The fourth-order valence-corrected chi connectivity index (χ4v) is 2.89. The van der Waals surface area contributed by atoms with Crippen molar-refractivity contribution in [3.8, 4) is 5.75 Å². The number of H-pyrrole nitrogens is 1. The number of rotatable bonds is 6. The zero-order valence-corrected chi connectivity index (χ0v) is 16.3. The molecule has 0 bridgehead atoms. The van der Waals surface area contributed by atoms with Gasteiger partial charge in [0.05, 0.1) is 30.3 Å². The van der Waals surface area contributed by atoms with Crippen molar-refractivity contribution in [2.24, 2.45) is 0 Å². The van der Waals surface area contributed by atoms with Gasteiger partial charge in [-0.3, -0.25) is 14.4 Å². The van der Waals surface area contributed by atoms with Gasteiger partial charge in [0.15, 0.2) is 6.10 Å². The topological polar surface area (TPSA) is 110 Å². The number of aromatic amines is 1. The van der Waals surface area contributed by atoms with Crippen LogP contribution in [0.15, 0.2) is 47.3 Å². The Morgan fingerprint density at radius 1 is 1.17 bits per heavy atom. The third-order valence-corrected chi connectivity index (χ3v) is 4.38. The molecule has 0 saturated heterocycles. The first kappa shape index (κ1) is 20.1. The van der Waals surface area contributed by atoms with E-state index in [0.29, 0.717) is 27.9 Å². The number of amides is 1. The smallest absolute Gasteiger partial charge is 0.312 e. The number of aromatic nitrogens is 2. The van der Waals surface area contributed by atoms with E-state index >= 15 is 0 Å². The number of anilines is 1. The summed E-state index contributed by atoms with van der Waals surface area (Å²) in [5.74, 6) is -0.610. The summed E-state index contributed by atoms with van der Waals surface area (Å²) in [4.78, 5) is 36.6. The number of ether oxygens (including phenoxy) is 2. The van der Waals surface area contributed by atoms with Gasteiger partial charge >= 0.3 is 5.97 Å². The summed E-state index contributed by atoms with van der Waals surface area (Å²) >= 11 is 0. The Kier molecular flexibility index (Phi) is 5.92. The molecule has 0 saturated carbocycles. The molecule has 1 amide bonds. The monoisotopic (exact) mass is 395 g/mol. The Hall–Kier alpha value is -3.68. The van der Waals surface area contributed by atoms with Crippen LogP contribution in [0, 0.1) is 6.92 Å². The minimum absolute atomic E-state index is 0.178. The Morgan fingerprint density at radius 3 is 2.62 bits per heavy atom. The average molecular weight is 395 g/mol. The van der Waals surface area contributed by atoms with E-state index in [1.807, 2.05) is 13.0 Å². The molecule has 0 spiro atoms. The first-order valence-corrected chi connectivity index (χ1v) is 9.00. The van der Waals surface area contributed by atoms with Gasteiger partial charge in [0.2, 0.25) is 0 Å². The average Bonchev–Trinajstić information content (AvgIpc) is 2.70. The van der Waals surface area contributed by atoms with Crippen LogP contribution in [-0.2, 0) is 20.7 Å². The Balaban J connectivity index is 1.68. The summed E-state index contributed by atoms with van der Waals surface area (Å²) in [6, 6.07) is 12.2. The van der Waals surface area contributed by atoms with Crippen LogP contribution in [0.2, 0.25) is 0 Å². The molecule has 150 valence electrons. The summed E-state index contributed by atoms with van der Waals surface area (Å²) in [5.41, 5.74) is 1.48. The van der Waals surface area contributed by atoms with Gasteiger partial charge in [-0.2, -0.15) is 5.10 Å². The minimum Gasteiger partial charge on any atom is -0.495 e. The lowest BCUT2D eigenvalue weighted by Crippen LogP contribution is -2.31. The van der Waals surface area contributed by atoms with Crippen molar-refractivity contribution < 1.29 is 19.1 Å². The third-order valence-electron chi connectivity index (χ3n) is 4.38. The molecule has 2 aromatic carbocycles. The molecule has 1 heterocycles. The molecule has 0 fully saturated rings. The van der Waals surface area contributed by atoms with Crippen molar-refractivity contribution in [3.63, 3.8) is 0 Å². The highest BCUT2D eigenvalue weighted by molar-refractivity contribution is 5.96. The van der Waals surface area contributed by atoms with E-state index in [1.165, 1.54) is 14.0 Å². The minimum atomic E-state index is -1.03. The summed E-state index contributed by atoms with van der Waals surface area (Å²) in [5, 5.41) is 10.0. The highest BCUT2D eigenvalue weighted by atomic mass is 16.5. The Morgan fingerprint density at radius 2 is 1.90 bits per heavy atom. The van der Waals surface area contributed by atoms with Crippen LogP contribution in [0.5, 0.6) is 5.75 Å². The number of carbonyl (C=O) groups is 2. The van der Waals surface area contributed by atoms with Crippen molar-refractivity contribution in [3.05, 3.63) is 64.1 Å². The number of esters is 1. The van der Waals surface area contributed by atoms with Crippen LogP contribution in [0.3, 0.4) is 0 Å². The lowest BCUT2D eigenvalue weighted by atomic mass is 10.1. The van der Waals surface area contributed by atoms with E-state index in [2.05, 4.69) is 15.5 Å². The normalized spacial score (nSPS) is 11.7. The maximum Gasteiger partial charge on any atom is 0.312 e. The first-order valence-electron chi connectivity index (χ1n) is 9.00. The SMILES string of the molecule is COc1ccc(C)cc1NC(=O)[C@@H](C)OC(=O)Cc1n[nH]c(=O)c2ccccc12. The van der Waals surface area contributed by atoms with E-state index in [9.17, 15) is 14.4 Å². The van der Waals surface area contributed by atoms with Crippen LogP contribution in [0.1, 0.15) is 18.2 Å². The van der Waals surface area contributed by atoms with Gasteiger partial charge in [-0.05, 0) is 37.6 Å². The summed E-state index contributed by atoms with van der Waals surface area (Å²) in [7, 11) is 1.51. The van der Waals surface area contributed by atoms with Crippen LogP contribution < -0.4 is 15.6 Å². The molecule has 29 heavy (non-hydrogen) atoms. The molecule has 0 aliphatic heterocycles.